The third kappa shape index (κ3) is 2.62. The minimum atomic E-state index is -4.74. The van der Waals surface area contributed by atoms with E-state index in [-0.39, 0.29) is 11.1 Å². The van der Waals surface area contributed by atoms with Gasteiger partial charge >= 0.3 is 12.1 Å². The average Bonchev–Trinajstić information content (AvgIpc) is 2.78. The molecule has 0 spiro atoms. The first kappa shape index (κ1) is 18.5. The number of benzene rings is 1. The van der Waals surface area contributed by atoms with Crippen molar-refractivity contribution in [1.82, 2.24) is 0 Å². The van der Waals surface area contributed by atoms with E-state index in [0.29, 0.717) is 0 Å². The second-order valence-corrected chi connectivity index (χ2v) is 6.09. The molecule has 1 aromatic carbocycles. The number of rotatable bonds is 2. The largest absolute Gasteiger partial charge is 0.507 e. The Morgan fingerprint density at radius 1 is 1.38 bits per heavy atom. The molecule has 0 saturated carbocycles. The van der Waals surface area contributed by atoms with Crippen LogP contribution >= 0.6 is 0 Å². The predicted octanol–water partition coefficient (Wildman–Crippen LogP) is 3.45. The Bertz CT molecular complexity index is 658. The molecule has 1 aliphatic heterocycles. The molecule has 1 aromatic rings. The Morgan fingerprint density at radius 2 is 1.96 bits per heavy atom. The molecule has 0 aliphatic carbocycles. The second kappa shape index (κ2) is 5.91. The molecule has 8 heteroatoms. The number of hydrogen-bond acceptors (Lipinski definition) is 4. The highest BCUT2D eigenvalue weighted by Crippen LogP contribution is 2.54. The third-order valence-electron chi connectivity index (χ3n) is 4.86. The lowest BCUT2D eigenvalue weighted by Crippen LogP contribution is -2.47. The molecule has 134 valence electrons. The summed E-state index contributed by atoms with van der Waals surface area (Å²) in [4.78, 5) is 12.0. The van der Waals surface area contributed by atoms with E-state index in [4.69, 9.17) is 4.74 Å². The molecule has 0 amide bonds. The highest BCUT2D eigenvalue weighted by Gasteiger charge is 2.66. The first-order valence-electron chi connectivity index (χ1n) is 7.26. The minimum Gasteiger partial charge on any atom is -0.507 e. The summed E-state index contributed by atoms with van der Waals surface area (Å²) in [6.07, 6.45) is -6.30. The fourth-order valence-corrected chi connectivity index (χ4v) is 3.08. The van der Waals surface area contributed by atoms with E-state index in [9.17, 15) is 27.5 Å². The van der Waals surface area contributed by atoms with Crippen molar-refractivity contribution in [1.29, 1.82) is 0 Å². The maximum Gasteiger partial charge on any atom is 0.417 e. The molecule has 3 unspecified atom stereocenters. The highest BCUT2D eigenvalue weighted by molar-refractivity contribution is 5.77. The Balaban J connectivity index is 2.61. The lowest BCUT2D eigenvalue weighted by Gasteiger charge is -2.31. The number of esters is 1. The molecular weight excluding hydrogens is 332 g/mol. The van der Waals surface area contributed by atoms with E-state index in [1.54, 1.807) is 0 Å². The van der Waals surface area contributed by atoms with Crippen molar-refractivity contribution in [2.75, 3.05) is 7.11 Å². The van der Waals surface area contributed by atoms with Crippen molar-refractivity contribution in [3.63, 3.8) is 0 Å². The van der Waals surface area contributed by atoms with Gasteiger partial charge in [-0.15, -0.1) is 0 Å². The van der Waals surface area contributed by atoms with Gasteiger partial charge < -0.3 is 14.6 Å². The first-order chi connectivity index (χ1) is 11.0. The number of phenolic OH excluding ortho intramolecular Hbond substituents is 1. The standard InChI is InChI=1S/C16H18F4O4/c1-7-10(17)6-5-9(12(7)21)11-8(2)15(3,16(18,19)20)24-13(11)14(22)23-4/h5-6,8,11,13,21H,1-4H3/t8?,11?,13-,15?/m1/s1. The molecule has 0 bridgehead atoms. The van der Waals surface area contributed by atoms with Gasteiger partial charge in [-0.3, -0.25) is 0 Å². The molecule has 0 radical (unpaired) electrons. The van der Waals surface area contributed by atoms with Crippen LogP contribution in [0, 0.1) is 18.7 Å². The fourth-order valence-electron chi connectivity index (χ4n) is 3.08. The number of phenols is 1. The van der Waals surface area contributed by atoms with Gasteiger partial charge in [-0.2, -0.15) is 13.2 Å². The smallest absolute Gasteiger partial charge is 0.417 e. The van der Waals surface area contributed by atoms with Crippen LogP contribution < -0.4 is 0 Å². The Labute approximate surface area is 136 Å². The van der Waals surface area contributed by atoms with Crippen LogP contribution in [0.5, 0.6) is 5.75 Å². The van der Waals surface area contributed by atoms with Crippen molar-refractivity contribution in [3.8, 4) is 5.75 Å². The van der Waals surface area contributed by atoms with Gasteiger partial charge in [0.15, 0.2) is 11.7 Å². The number of methoxy groups -OCH3 is 1. The Morgan fingerprint density at radius 3 is 2.46 bits per heavy atom. The zero-order valence-electron chi connectivity index (χ0n) is 13.6. The quantitative estimate of drug-likeness (QED) is 0.656. The molecule has 1 aliphatic rings. The summed E-state index contributed by atoms with van der Waals surface area (Å²) in [6, 6.07) is 2.20. The van der Waals surface area contributed by atoms with E-state index in [2.05, 4.69) is 4.74 Å². The zero-order chi connectivity index (χ0) is 18.4. The van der Waals surface area contributed by atoms with Crippen LogP contribution in [-0.2, 0) is 14.3 Å². The van der Waals surface area contributed by atoms with Gasteiger partial charge in [-0.25, -0.2) is 9.18 Å². The highest BCUT2D eigenvalue weighted by atomic mass is 19.4. The molecule has 1 N–H and O–H groups in total. The normalized spacial score (nSPS) is 30.4. The Hall–Kier alpha value is -1.83. The van der Waals surface area contributed by atoms with Gasteiger partial charge in [0.25, 0.3) is 0 Å². The van der Waals surface area contributed by atoms with Crippen molar-refractivity contribution in [2.24, 2.45) is 5.92 Å². The number of alkyl halides is 3. The van der Waals surface area contributed by atoms with Gasteiger partial charge in [-0.1, -0.05) is 13.0 Å². The van der Waals surface area contributed by atoms with Crippen LogP contribution in [0.2, 0.25) is 0 Å². The summed E-state index contributed by atoms with van der Waals surface area (Å²) in [6.45, 7) is 3.42. The molecule has 2 rings (SSSR count). The third-order valence-corrected chi connectivity index (χ3v) is 4.86. The van der Waals surface area contributed by atoms with Crippen molar-refractivity contribution < 1.29 is 36.9 Å². The van der Waals surface area contributed by atoms with Gasteiger partial charge in [0.2, 0.25) is 0 Å². The minimum absolute atomic E-state index is 0.0183. The maximum absolute atomic E-state index is 13.5. The lowest BCUT2D eigenvalue weighted by molar-refractivity contribution is -0.274. The van der Waals surface area contributed by atoms with Crippen molar-refractivity contribution in [3.05, 3.63) is 29.1 Å². The van der Waals surface area contributed by atoms with E-state index in [1.807, 2.05) is 0 Å². The van der Waals surface area contributed by atoms with E-state index in [0.717, 1.165) is 20.1 Å². The molecular formula is C16H18F4O4. The predicted molar refractivity (Wildman–Crippen MR) is 76.1 cm³/mol. The SMILES string of the molecule is COC(=O)[C@@H]1OC(C)(C(F)(F)F)C(C)C1c1ccc(F)c(C)c1O. The zero-order valence-corrected chi connectivity index (χ0v) is 13.6. The van der Waals surface area contributed by atoms with E-state index < -0.39 is 47.3 Å². The van der Waals surface area contributed by atoms with E-state index >= 15 is 0 Å². The van der Waals surface area contributed by atoms with Gasteiger partial charge in [0.05, 0.1) is 7.11 Å². The van der Waals surface area contributed by atoms with Gasteiger partial charge in [-0.05, 0) is 19.9 Å². The van der Waals surface area contributed by atoms with Crippen LogP contribution in [-0.4, -0.2) is 36.1 Å². The molecule has 1 fully saturated rings. The number of carbonyl (C=O) groups excluding carboxylic acids is 1. The summed E-state index contributed by atoms with van der Waals surface area (Å²) >= 11 is 0. The number of hydrogen-bond donors (Lipinski definition) is 1. The first-order valence-corrected chi connectivity index (χ1v) is 7.26. The summed E-state index contributed by atoms with van der Waals surface area (Å²) in [5, 5.41) is 10.2. The van der Waals surface area contributed by atoms with Crippen LogP contribution in [0.3, 0.4) is 0 Å². The topological polar surface area (TPSA) is 55.8 Å². The second-order valence-electron chi connectivity index (χ2n) is 6.09. The summed E-state index contributed by atoms with van der Waals surface area (Å²) in [7, 11) is 1.03. The molecule has 0 aromatic heterocycles. The average molecular weight is 350 g/mol. The fraction of sp³-hybridized carbons (Fsp3) is 0.562. The van der Waals surface area contributed by atoms with Crippen LogP contribution in [0.4, 0.5) is 17.6 Å². The molecule has 4 nitrogen and oxygen atoms in total. The number of carbonyl (C=O) groups is 1. The maximum atomic E-state index is 13.5. The summed E-state index contributed by atoms with van der Waals surface area (Å²) in [5.74, 6) is -4.52. The summed E-state index contributed by atoms with van der Waals surface area (Å²) in [5.41, 5.74) is -2.70. The van der Waals surface area contributed by atoms with Gasteiger partial charge in [0.1, 0.15) is 11.6 Å². The molecule has 4 atom stereocenters. The molecule has 1 heterocycles. The van der Waals surface area contributed by atoms with E-state index in [1.165, 1.54) is 19.9 Å². The molecule has 24 heavy (non-hydrogen) atoms. The summed E-state index contributed by atoms with van der Waals surface area (Å²) < 4.78 is 63.6. The van der Waals surface area contributed by atoms with Crippen LogP contribution in [0.15, 0.2) is 12.1 Å². The monoisotopic (exact) mass is 350 g/mol. The van der Waals surface area contributed by atoms with Crippen LogP contribution in [0.1, 0.15) is 30.9 Å². The van der Waals surface area contributed by atoms with Crippen LogP contribution in [0.25, 0.3) is 0 Å². The number of ether oxygens (including phenoxy) is 2. The number of aromatic hydroxyl groups is 1. The Kier molecular flexibility index (Phi) is 4.56. The van der Waals surface area contributed by atoms with Crippen molar-refractivity contribution >= 4 is 5.97 Å². The lowest BCUT2D eigenvalue weighted by atomic mass is 9.76. The van der Waals surface area contributed by atoms with Gasteiger partial charge in [0, 0.05) is 23.0 Å². The van der Waals surface area contributed by atoms with Crippen molar-refractivity contribution in [2.45, 2.75) is 44.6 Å². The molecule has 1 saturated heterocycles. The number of halogens is 4.